The largest absolute Gasteiger partial charge is 0.496 e. The normalized spacial score (nSPS) is 20.6. The molecule has 2 N–H and O–H groups in total. The van der Waals surface area contributed by atoms with Gasteiger partial charge in [-0.1, -0.05) is 0 Å². The Labute approximate surface area is 228 Å². The molecule has 39 heavy (non-hydrogen) atoms. The van der Waals surface area contributed by atoms with Crippen molar-refractivity contribution in [3.63, 3.8) is 0 Å². The van der Waals surface area contributed by atoms with Crippen LogP contribution in [0.15, 0.2) is 42.9 Å². The van der Waals surface area contributed by atoms with Crippen molar-refractivity contribution in [1.82, 2.24) is 34.6 Å². The van der Waals surface area contributed by atoms with Crippen molar-refractivity contribution in [1.29, 1.82) is 0 Å². The van der Waals surface area contributed by atoms with Crippen LogP contribution in [0.25, 0.3) is 16.6 Å². The van der Waals surface area contributed by atoms with Crippen molar-refractivity contribution < 1.29 is 9.53 Å². The van der Waals surface area contributed by atoms with Crippen molar-refractivity contribution in [3.05, 3.63) is 48.4 Å². The van der Waals surface area contributed by atoms with E-state index in [1.807, 2.05) is 24.3 Å². The molecule has 2 fully saturated rings. The van der Waals surface area contributed by atoms with Gasteiger partial charge >= 0.3 is 0 Å². The van der Waals surface area contributed by atoms with Crippen LogP contribution in [0.4, 0.5) is 5.82 Å². The molecule has 10 heteroatoms. The van der Waals surface area contributed by atoms with Gasteiger partial charge in [0.25, 0.3) is 5.91 Å². The standard InChI is InChI=1S/C29H38N8O2/c1-35(15-11-20-9-13-30-14-10-20)22-5-7-23(8-6-22)36-19-21-16-24(26(39-2)17-25(21)34-36)29(38)33-28-18-31-27-4-3-12-32-37(27)28/h3-4,12,16-20,22-23,30H,5-11,13-15H2,1-2H3,(H,33,38). The molecular formula is C29H38N8O2. The quantitative estimate of drug-likeness (QED) is 0.353. The molecule has 4 heterocycles. The Kier molecular flexibility index (Phi) is 7.47. The van der Waals surface area contributed by atoms with E-state index in [0.717, 1.165) is 29.7 Å². The van der Waals surface area contributed by atoms with Crippen molar-refractivity contribution in [2.45, 2.75) is 57.0 Å². The first-order chi connectivity index (χ1) is 19.1. The number of amides is 1. The lowest BCUT2D eigenvalue weighted by atomic mass is 9.89. The number of benzene rings is 1. The zero-order valence-electron chi connectivity index (χ0n) is 22.8. The Morgan fingerprint density at radius 1 is 1.18 bits per heavy atom. The van der Waals surface area contributed by atoms with Crippen LogP contribution < -0.4 is 15.4 Å². The molecule has 4 aromatic rings. The van der Waals surface area contributed by atoms with Crippen LogP contribution in [0.2, 0.25) is 0 Å². The number of ether oxygens (including phenoxy) is 1. The molecule has 0 atom stereocenters. The maximum absolute atomic E-state index is 13.2. The van der Waals surface area contributed by atoms with Crippen LogP contribution in [0.5, 0.6) is 5.75 Å². The smallest absolute Gasteiger partial charge is 0.260 e. The summed E-state index contributed by atoms with van der Waals surface area (Å²) in [6.07, 6.45) is 13.9. The number of imidazole rings is 1. The molecule has 1 aliphatic carbocycles. The Bertz CT molecular complexity index is 1430. The number of carbonyl (C=O) groups is 1. The molecular weight excluding hydrogens is 492 g/mol. The third-order valence-corrected chi connectivity index (χ3v) is 8.62. The average molecular weight is 531 g/mol. The second-order valence-corrected chi connectivity index (χ2v) is 11.0. The summed E-state index contributed by atoms with van der Waals surface area (Å²) in [5.74, 6) is 1.60. The number of fused-ring (bicyclic) bond motifs is 2. The van der Waals surface area contributed by atoms with E-state index < -0.39 is 0 Å². The Morgan fingerprint density at radius 3 is 2.79 bits per heavy atom. The van der Waals surface area contributed by atoms with E-state index in [-0.39, 0.29) is 5.91 Å². The van der Waals surface area contributed by atoms with Gasteiger partial charge in [-0.15, -0.1) is 0 Å². The van der Waals surface area contributed by atoms with Gasteiger partial charge < -0.3 is 20.3 Å². The van der Waals surface area contributed by atoms with Gasteiger partial charge in [0.15, 0.2) is 11.5 Å². The lowest BCUT2D eigenvalue weighted by Crippen LogP contribution is -2.37. The fourth-order valence-corrected chi connectivity index (χ4v) is 6.21. The maximum Gasteiger partial charge on any atom is 0.260 e. The van der Waals surface area contributed by atoms with Crippen LogP contribution in [-0.2, 0) is 0 Å². The van der Waals surface area contributed by atoms with Gasteiger partial charge in [0, 0.05) is 29.9 Å². The molecule has 206 valence electrons. The highest BCUT2D eigenvalue weighted by atomic mass is 16.5. The highest BCUT2D eigenvalue weighted by Crippen LogP contribution is 2.33. The Hall–Kier alpha value is -3.50. The maximum atomic E-state index is 13.2. The molecule has 0 bridgehead atoms. The molecule has 10 nitrogen and oxygen atoms in total. The summed E-state index contributed by atoms with van der Waals surface area (Å²) >= 11 is 0. The summed E-state index contributed by atoms with van der Waals surface area (Å²) in [7, 11) is 3.88. The molecule has 2 aliphatic rings. The summed E-state index contributed by atoms with van der Waals surface area (Å²) in [6.45, 7) is 3.55. The van der Waals surface area contributed by atoms with Crippen LogP contribution >= 0.6 is 0 Å². The predicted molar refractivity (Wildman–Crippen MR) is 151 cm³/mol. The zero-order chi connectivity index (χ0) is 26.8. The number of hydrogen-bond donors (Lipinski definition) is 2. The summed E-state index contributed by atoms with van der Waals surface area (Å²) in [5.41, 5.74) is 1.95. The molecule has 1 amide bonds. The van der Waals surface area contributed by atoms with Gasteiger partial charge in [-0.3, -0.25) is 9.48 Å². The summed E-state index contributed by atoms with van der Waals surface area (Å²) in [6, 6.07) is 8.39. The number of nitrogens with zero attached hydrogens (tertiary/aromatic N) is 6. The van der Waals surface area contributed by atoms with Crippen LogP contribution in [0.1, 0.15) is 61.3 Å². The van der Waals surface area contributed by atoms with Crippen molar-refractivity contribution in [2.75, 3.05) is 39.1 Å². The third-order valence-electron chi connectivity index (χ3n) is 8.62. The molecule has 1 saturated heterocycles. The second kappa shape index (κ2) is 11.3. The van der Waals surface area contributed by atoms with Gasteiger partial charge in [0.1, 0.15) is 5.75 Å². The number of aromatic nitrogens is 5. The first kappa shape index (κ1) is 25.8. The number of carbonyl (C=O) groups excluding carboxylic acids is 1. The number of methoxy groups -OCH3 is 1. The van der Waals surface area contributed by atoms with Crippen LogP contribution in [0.3, 0.4) is 0 Å². The molecule has 3 aromatic heterocycles. The minimum Gasteiger partial charge on any atom is -0.496 e. The van der Waals surface area contributed by atoms with Crippen LogP contribution in [-0.4, -0.2) is 75.0 Å². The number of nitrogens with one attached hydrogen (secondary N) is 2. The molecule has 1 aromatic carbocycles. The highest BCUT2D eigenvalue weighted by molar-refractivity contribution is 6.08. The second-order valence-electron chi connectivity index (χ2n) is 11.0. The monoisotopic (exact) mass is 530 g/mol. The molecule has 0 radical (unpaired) electrons. The fourth-order valence-electron chi connectivity index (χ4n) is 6.21. The lowest BCUT2D eigenvalue weighted by molar-refractivity contribution is 0.102. The van der Waals surface area contributed by atoms with E-state index in [9.17, 15) is 4.79 Å². The first-order valence-electron chi connectivity index (χ1n) is 14.2. The summed E-state index contributed by atoms with van der Waals surface area (Å²) < 4.78 is 9.29. The average Bonchev–Trinajstić information content (AvgIpc) is 3.59. The summed E-state index contributed by atoms with van der Waals surface area (Å²) in [5, 5.41) is 16.5. The van der Waals surface area contributed by atoms with Gasteiger partial charge in [-0.05, 0) is 95.7 Å². The zero-order valence-corrected chi connectivity index (χ0v) is 22.8. The van der Waals surface area contributed by atoms with E-state index in [4.69, 9.17) is 9.84 Å². The van der Waals surface area contributed by atoms with E-state index in [0.29, 0.717) is 34.9 Å². The number of anilines is 1. The highest BCUT2D eigenvalue weighted by Gasteiger charge is 2.27. The Balaban J connectivity index is 1.11. The predicted octanol–water partition coefficient (Wildman–Crippen LogP) is 4.15. The topological polar surface area (TPSA) is 102 Å². The van der Waals surface area contributed by atoms with E-state index in [2.05, 4.69) is 43.5 Å². The SMILES string of the molecule is COc1cc2nn(C3CCC(N(C)CCC4CCNCC4)CC3)cc2cc1C(=O)Nc1cnc2cccnn12. The minimum absolute atomic E-state index is 0.276. The number of hydrogen-bond acceptors (Lipinski definition) is 7. The van der Waals surface area contributed by atoms with Crippen molar-refractivity contribution in [2.24, 2.45) is 5.92 Å². The number of piperidine rings is 1. The van der Waals surface area contributed by atoms with E-state index in [1.54, 1.807) is 24.0 Å². The van der Waals surface area contributed by atoms with Crippen LogP contribution in [0, 0.1) is 5.92 Å². The van der Waals surface area contributed by atoms with Crippen molar-refractivity contribution >= 4 is 28.3 Å². The Morgan fingerprint density at radius 2 is 2.00 bits per heavy atom. The van der Waals surface area contributed by atoms with E-state index in [1.165, 1.54) is 51.7 Å². The van der Waals surface area contributed by atoms with E-state index >= 15 is 0 Å². The fraction of sp³-hybridized carbons (Fsp3) is 0.517. The van der Waals surface area contributed by atoms with Gasteiger partial charge in [-0.25, -0.2) is 4.98 Å². The lowest BCUT2D eigenvalue weighted by Gasteiger charge is -2.35. The molecule has 1 aliphatic heterocycles. The van der Waals surface area contributed by atoms with Crippen molar-refractivity contribution in [3.8, 4) is 5.75 Å². The summed E-state index contributed by atoms with van der Waals surface area (Å²) in [4.78, 5) is 20.1. The first-order valence-corrected chi connectivity index (χ1v) is 14.2. The van der Waals surface area contributed by atoms with Gasteiger partial charge in [0.2, 0.25) is 0 Å². The molecule has 6 rings (SSSR count). The molecule has 0 spiro atoms. The molecule has 0 unspecified atom stereocenters. The minimum atomic E-state index is -0.276. The van der Waals surface area contributed by atoms with Gasteiger partial charge in [-0.2, -0.15) is 14.7 Å². The number of rotatable bonds is 8. The third kappa shape index (κ3) is 5.49. The molecule has 1 saturated carbocycles. The van der Waals surface area contributed by atoms with Gasteiger partial charge in [0.05, 0.1) is 30.4 Å².